The fourth-order valence-electron chi connectivity index (χ4n) is 0.994. The van der Waals surface area contributed by atoms with Crippen molar-refractivity contribution < 1.29 is 9.47 Å². The van der Waals surface area contributed by atoms with Crippen LogP contribution in [0, 0.1) is 12.8 Å². The van der Waals surface area contributed by atoms with E-state index >= 15 is 0 Å². The SMILES string of the molecule is [CH2]COCCOCC(CC)CC. The lowest BCUT2D eigenvalue weighted by atomic mass is 10.1. The minimum Gasteiger partial charge on any atom is -0.379 e. The van der Waals surface area contributed by atoms with E-state index in [0.29, 0.717) is 25.7 Å². The molecule has 0 rings (SSSR count). The van der Waals surface area contributed by atoms with Crippen molar-refractivity contribution in [3.05, 3.63) is 6.92 Å². The molecule has 0 aromatic carbocycles. The largest absolute Gasteiger partial charge is 0.379 e. The van der Waals surface area contributed by atoms with Gasteiger partial charge in [0.05, 0.1) is 13.2 Å². The predicted octanol–water partition coefficient (Wildman–Crippen LogP) is 2.29. The Morgan fingerprint density at radius 3 is 2.17 bits per heavy atom. The number of ether oxygens (including phenoxy) is 2. The van der Waals surface area contributed by atoms with Crippen molar-refractivity contribution in [2.24, 2.45) is 5.92 Å². The van der Waals surface area contributed by atoms with Gasteiger partial charge in [-0.25, -0.2) is 0 Å². The Morgan fingerprint density at radius 1 is 1.08 bits per heavy atom. The third kappa shape index (κ3) is 6.62. The highest BCUT2D eigenvalue weighted by Gasteiger charge is 2.01. The van der Waals surface area contributed by atoms with E-state index < -0.39 is 0 Å². The molecular formula is C10H21O2. The molecule has 0 aliphatic heterocycles. The maximum absolute atomic E-state index is 5.43. The molecule has 0 saturated carbocycles. The molecule has 2 heteroatoms. The second-order valence-electron chi connectivity index (χ2n) is 2.87. The van der Waals surface area contributed by atoms with Crippen LogP contribution < -0.4 is 0 Å². The molecule has 0 saturated heterocycles. The van der Waals surface area contributed by atoms with Crippen LogP contribution >= 0.6 is 0 Å². The van der Waals surface area contributed by atoms with E-state index in [4.69, 9.17) is 9.47 Å². The van der Waals surface area contributed by atoms with Crippen molar-refractivity contribution in [2.75, 3.05) is 26.4 Å². The topological polar surface area (TPSA) is 18.5 Å². The summed E-state index contributed by atoms with van der Waals surface area (Å²) in [6, 6.07) is 0. The molecule has 0 spiro atoms. The molecule has 0 amide bonds. The van der Waals surface area contributed by atoms with Gasteiger partial charge >= 0.3 is 0 Å². The molecule has 1 radical (unpaired) electrons. The molecule has 0 unspecified atom stereocenters. The first-order valence-electron chi connectivity index (χ1n) is 4.79. The highest BCUT2D eigenvalue weighted by Crippen LogP contribution is 2.06. The normalized spacial score (nSPS) is 11.0. The Hall–Kier alpha value is -0.0800. The van der Waals surface area contributed by atoms with E-state index in [-0.39, 0.29) is 0 Å². The molecule has 2 nitrogen and oxygen atoms in total. The lowest BCUT2D eigenvalue weighted by Crippen LogP contribution is -2.11. The quantitative estimate of drug-likeness (QED) is 0.524. The standard InChI is InChI=1S/C10H21O2/c1-4-10(5-2)9-12-8-7-11-6-3/h10H,3-9H2,1-2H3. The van der Waals surface area contributed by atoms with Crippen molar-refractivity contribution in [3.8, 4) is 0 Å². The zero-order chi connectivity index (χ0) is 9.23. The molecule has 0 heterocycles. The first-order chi connectivity index (χ1) is 5.85. The Kier molecular flexibility index (Phi) is 8.95. The summed E-state index contributed by atoms with van der Waals surface area (Å²) in [6.07, 6.45) is 2.40. The number of rotatable bonds is 8. The smallest absolute Gasteiger partial charge is 0.0700 e. The molecule has 0 N–H and O–H groups in total. The van der Waals surface area contributed by atoms with Crippen LogP contribution in [0.1, 0.15) is 26.7 Å². The molecule has 0 aliphatic rings. The molecule has 73 valence electrons. The van der Waals surface area contributed by atoms with Gasteiger partial charge in [0.2, 0.25) is 0 Å². The van der Waals surface area contributed by atoms with Gasteiger partial charge in [0, 0.05) is 13.2 Å². The third-order valence-electron chi connectivity index (χ3n) is 2.02. The average Bonchev–Trinajstić information content (AvgIpc) is 2.11. The summed E-state index contributed by atoms with van der Waals surface area (Å²) < 4.78 is 10.5. The van der Waals surface area contributed by atoms with Gasteiger partial charge in [-0.3, -0.25) is 0 Å². The van der Waals surface area contributed by atoms with Crippen LogP contribution in [0.25, 0.3) is 0 Å². The fourth-order valence-corrected chi connectivity index (χ4v) is 0.994. The third-order valence-corrected chi connectivity index (χ3v) is 2.02. The van der Waals surface area contributed by atoms with E-state index in [9.17, 15) is 0 Å². The summed E-state index contributed by atoms with van der Waals surface area (Å²) in [4.78, 5) is 0. The molecular weight excluding hydrogens is 152 g/mol. The lowest BCUT2D eigenvalue weighted by molar-refractivity contribution is 0.0401. The van der Waals surface area contributed by atoms with E-state index in [1.54, 1.807) is 0 Å². The molecule has 0 atom stereocenters. The molecule has 12 heavy (non-hydrogen) atoms. The summed E-state index contributed by atoms with van der Waals surface area (Å²) in [7, 11) is 0. The van der Waals surface area contributed by atoms with Gasteiger partial charge in [-0.15, -0.1) is 0 Å². The zero-order valence-corrected chi connectivity index (χ0v) is 8.34. The van der Waals surface area contributed by atoms with Gasteiger partial charge in [0.1, 0.15) is 0 Å². The predicted molar refractivity (Wildman–Crippen MR) is 51.1 cm³/mol. The Labute approximate surface area is 76.3 Å². The lowest BCUT2D eigenvalue weighted by Gasteiger charge is -2.12. The van der Waals surface area contributed by atoms with E-state index in [0.717, 1.165) is 6.61 Å². The van der Waals surface area contributed by atoms with Crippen LogP contribution in [0.4, 0.5) is 0 Å². The average molecular weight is 173 g/mol. The van der Waals surface area contributed by atoms with Crippen molar-refractivity contribution in [1.29, 1.82) is 0 Å². The Bertz CT molecular complexity index is 79.9. The molecule has 0 aromatic rings. The summed E-state index contributed by atoms with van der Waals surface area (Å²) in [5.41, 5.74) is 0. The van der Waals surface area contributed by atoms with Crippen LogP contribution in [-0.4, -0.2) is 26.4 Å². The van der Waals surface area contributed by atoms with Crippen molar-refractivity contribution >= 4 is 0 Å². The molecule has 0 aliphatic carbocycles. The minimum atomic E-state index is 0.536. The van der Waals surface area contributed by atoms with Crippen LogP contribution in [0.3, 0.4) is 0 Å². The van der Waals surface area contributed by atoms with Crippen molar-refractivity contribution in [1.82, 2.24) is 0 Å². The highest BCUT2D eigenvalue weighted by molar-refractivity contribution is 4.51. The molecule has 0 aromatic heterocycles. The van der Waals surface area contributed by atoms with Gasteiger partial charge in [-0.2, -0.15) is 0 Å². The highest BCUT2D eigenvalue weighted by atomic mass is 16.5. The maximum atomic E-state index is 5.43. The van der Waals surface area contributed by atoms with Gasteiger partial charge in [0.15, 0.2) is 0 Å². The van der Waals surface area contributed by atoms with Crippen molar-refractivity contribution in [2.45, 2.75) is 26.7 Å². The first-order valence-corrected chi connectivity index (χ1v) is 4.79. The fraction of sp³-hybridized carbons (Fsp3) is 0.900. The Morgan fingerprint density at radius 2 is 1.67 bits per heavy atom. The summed E-state index contributed by atoms with van der Waals surface area (Å²) in [5, 5.41) is 0. The first kappa shape index (κ1) is 11.9. The van der Waals surface area contributed by atoms with E-state index in [2.05, 4.69) is 20.8 Å². The number of hydrogen-bond donors (Lipinski definition) is 0. The summed E-state index contributed by atoms with van der Waals surface area (Å²) in [6.45, 7) is 10.7. The van der Waals surface area contributed by atoms with Gasteiger partial charge in [0.25, 0.3) is 0 Å². The second kappa shape index (κ2) is 9.01. The summed E-state index contributed by atoms with van der Waals surface area (Å²) >= 11 is 0. The van der Waals surface area contributed by atoms with Crippen molar-refractivity contribution in [3.63, 3.8) is 0 Å². The molecule has 0 fully saturated rings. The van der Waals surface area contributed by atoms with Crippen LogP contribution in [-0.2, 0) is 9.47 Å². The van der Waals surface area contributed by atoms with E-state index in [1.807, 2.05) is 0 Å². The zero-order valence-electron chi connectivity index (χ0n) is 8.34. The molecule has 0 bridgehead atoms. The minimum absolute atomic E-state index is 0.536. The van der Waals surface area contributed by atoms with Gasteiger partial charge in [-0.1, -0.05) is 26.7 Å². The Balaban J connectivity index is 3.06. The number of hydrogen-bond acceptors (Lipinski definition) is 2. The maximum Gasteiger partial charge on any atom is 0.0700 e. The van der Waals surface area contributed by atoms with Gasteiger partial charge < -0.3 is 9.47 Å². The van der Waals surface area contributed by atoms with Gasteiger partial charge in [-0.05, 0) is 12.8 Å². The monoisotopic (exact) mass is 173 g/mol. The van der Waals surface area contributed by atoms with Crippen LogP contribution in [0.2, 0.25) is 0 Å². The van der Waals surface area contributed by atoms with Crippen LogP contribution in [0.15, 0.2) is 0 Å². The second-order valence-corrected chi connectivity index (χ2v) is 2.87. The summed E-state index contributed by atoms with van der Waals surface area (Å²) in [5.74, 6) is 0.713. The van der Waals surface area contributed by atoms with Crippen LogP contribution in [0.5, 0.6) is 0 Å². The van der Waals surface area contributed by atoms with E-state index in [1.165, 1.54) is 12.8 Å².